The number of fused-ring (bicyclic) bond motifs is 3. The van der Waals surface area contributed by atoms with Crippen molar-refractivity contribution in [1.29, 1.82) is 0 Å². The van der Waals surface area contributed by atoms with E-state index in [0.717, 1.165) is 58.9 Å². The van der Waals surface area contributed by atoms with Crippen LogP contribution in [-0.4, -0.2) is 99.0 Å². The van der Waals surface area contributed by atoms with Gasteiger partial charge in [0.05, 0.1) is 24.4 Å². The number of carbonyl (C=O) groups excluding carboxylic acids is 7. The summed E-state index contributed by atoms with van der Waals surface area (Å²) >= 11 is 0. The SMILES string of the molecule is CCC[C@H](NC(=O)[C@H](CS(C)(=O)=O)NC(=O)[C@H](NC(=O)OCC1c2ccccc2-c2ccccc21)C1CCCCC1)C(=NNC(=O)NC(c1ccccc1)c1ccccc1)C(=O)NCC(=O)N[C@H](C(C)=O)c1ccccc1. The molecule has 1 fully saturated rings. The highest BCUT2D eigenvalue weighted by atomic mass is 32.2. The molecule has 404 valence electrons. The van der Waals surface area contributed by atoms with E-state index in [1.807, 2.05) is 109 Å². The molecule has 7 amide bonds. The van der Waals surface area contributed by atoms with Gasteiger partial charge in [-0.15, -0.1) is 0 Å². The number of nitrogens with zero attached hydrogens (tertiary/aromatic N) is 1. The highest BCUT2D eigenvalue weighted by Crippen LogP contribution is 2.44. The van der Waals surface area contributed by atoms with Gasteiger partial charge in [-0.2, -0.15) is 5.10 Å². The Bertz CT molecular complexity index is 2940. The number of hydrogen-bond acceptors (Lipinski definition) is 11. The molecule has 4 atom stereocenters. The van der Waals surface area contributed by atoms with Crippen molar-refractivity contribution in [3.05, 3.63) is 167 Å². The zero-order valence-corrected chi connectivity index (χ0v) is 44.1. The molecule has 77 heavy (non-hydrogen) atoms. The maximum absolute atomic E-state index is 14.5. The number of urea groups is 1. The van der Waals surface area contributed by atoms with Crippen LogP contribution in [0.5, 0.6) is 0 Å². The van der Waals surface area contributed by atoms with Crippen molar-refractivity contribution in [3.63, 3.8) is 0 Å². The number of nitrogens with one attached hydrogen (secondary N) is 7. The van der Waals surface area contributed by atoms with Gasteiger partial charge in [0.25, 0.3) is 5.91 Å². The van der Waals surface area contributed by atoms with Gasteiger partial charge in [-0.3, -0.25) is 24.0 Å². The summed E-state index contributed by atoms with van der Waals surface area (Å²) in [6, 6.07) is 35.6. The first-order valence-electron chi connectivity index (χ1n) is 25.9. The van der Waals surface area contributed by atoms with Crippen LogP contribution in [0.4, 0.5) is 9.59 Å². The van der Waals surface area contributed by atoms with Gasteiger partial charge in [0.1, 0.15) is 40.3 Å². The predicted octanol–water partition coefficient (Wildman–Crippen LogP) is 6.30. The zero-order chi connectivity index (χ0) is 54.9. The molecule has 2 aliphatic carbocycles. The second kappa shape index (κ2) is 27.0. The Labute approximate surface area is 448 Å². The van der Waals surface area contributed by atoms with Gasteiger partial charge in [0.2, 0.25) is 17.7 Å². The maximum Gasteiger partial charge on any atom is 0.407 e. The Morgan fingerprint density at radius 1 is 0.636 bits per heavy atom. The van der Waals surface area contributed by atoms with Crippen LogP contribution in [0.15, 0.2) is 145 Å². The molecule has 18 nitrogen and oxygen atoms in total. The number of ether oxygens (including phenoxy) is 1. The van der Waals surface area contributed by atoms with Crippen LogP contribution in [0.2, 0.25) is 0 Å². The molecule has 7 rings (SSSR count). The number of benzene rings is 5. The van der Waals surface area contributed by atoms with Crippen molar-refractivity contribution in [3.8, 4) is 11.1 Å². The third-order valence-electron chi connectivity index (χ3n) is 13.7. The fraction of sp³-hybridized carbons (Fsp3) is 0.345. The lowest BCUT2D eigenvalue weighted by atomic mass is 9.83. The average molecular weight is 1070 g/mol. The summed E-state index contributed by atoms with van der Waals surface area (Å²) in [4.78, 5) is 96.8. The zero-order valence-electron chi connectivity index (χ0n) is 43.3. The number of sulfone groups is 1. The van der Waals surface area contributed by atoms with Gasteiger partial charge < -0.3 is 36.6 Å². The highest BCUT2D eigenvalue weighted by Gasteiger charge is 2.37. The second-order valence-corrected chi connectivity index (χ2v) is 21.6. The summed E-state index contributed by atoms with van der Waals surface area (Å²) in [7, 11) is -4.00. The minimum Gasteiger partial charge on any atom is -0.449 e. The van der Waals surface area contributed by atoms with Gasteiger partial charge in [-0.05, 0) is 71.0 Å². The van der Waals surface area contributed by atoms with E-state index in [1.165, 1.54) is 6.92 Å². The molecular formula is C58H66N8O10S. The normalized spacial score (nSPS) is 15.0. The molecule has 2 aliphatic rings. The van der Waals surface area contributed by atoms with Crippen LogP contribution >= 0.6 is 0 Å². The Hall–Kier alpha value is -8.19. The fourth-order valence-electron chi connectivity index (χ4n) is 9.96. The molecule has 0 unspecified atom stereocenters. The molecule has 19 heteroatoms. The number of rotatable bonds is 23. The summed E-state index contributed by atoms with van der Waals surface area (Å²) in [5.74, 6) is -5.46. The fourth-order valence-corrected chi connectivity index (χ4v) is 10.8. The first-order chi connectivity index (χ1) is 37.1. The van der Waals surface area contributed by atoms with Gasteiger partial charge in [0, 0.05) is 12.2 Å². The first kappa shape index (κ1) is 56.5. The quantitative estimate of drug-likeness (QED) is 0.0284. The van der Waals surface area contributed by atoms with E-state index < -0.39 is 93.8 Å². The smallest absolute Gasteiger partial charge is 0.407 e. The highest BCUT2D eigenvalue weighted by molar-refractivity contribution is 7.90. The minimum atomic E-state index is -4.00. The van der Waals surface area contributed by atoms with Crippen LogP contribution in [-0.2, 0) is 38.5 Å². The summed E-state index contributed by atoms with van der Waals surface area (Å²) in [6.07, 6.45) is 3.93. The number of Topliss-reactive ketones (excluding diaryl/α,β-unsaturated/α-hetero) is 1. The van der Waals surface area contributed by atoms with E-state index in [-0.39, 0.29) is 30.6 Å². The molecule has 5 aromatic rings. The number of ketones is 1. The van der Waals surface area contributed by atoms with Gasteiger partial charge >= 0.3 is 12.1 Å². The minimum absolute atomic E-state index is 0.00184. The van der Waals surface area contributed by atoms with E-state index in [0.29, 0.717) is 24.8 Å². The number of hydrogen-bond donors (Lipinski definition) is 7. The molecule has 0 aliphatic heterocycles. The predicted molar refractivity (Wildman–Crippen MR) is 292 cm³/mol. The summed E-state index contributed by atoms with van der Waals surface area (Å²) in [6.45, 7) is 2.37. The number of hydrazone groups is 1. The van der Waals surface area contributed by atoms with Crippen molar-refractivity contribution in [2.24, 2.45) is 11.0 Å². The van der Waals surface area contributed by atoms with Crippen LogP contribution in [0.25, 0.3) is 11.1 Å². The topological polar surface area (TPSA) is 259 Å². The number of amides is 7. The third-order valence-corrected chi connectivity index (χ3v) is 14.6. The van der Waals surface area contributed by atoms with Crippen LogP contribution < -0.4 is 37.3 Å². The van der Waals surface area contributed by atoms with Crippen LogP contribution in [0, 0.1) is 5.92 Å². The summed E-state index contributed by atoms with van der Waals surface area (Å²) in [5, 5.41) is 20.2. The summed E-state index contributed by atoms with van der Waals surface area (Å²) < 4.78 is 31.9. The van der Waals surface area contributed by atoms with Crippen molar-refractivity contribution >= 4 is 57.1 Å². The van der Waals surface area contributed by atoms with Crippen LogP contribution in [0.1, 0.15) is 105 Å². The van der Waals surface area contributed by atoms with E-state index in [1.54, 1.807) is 37.3 Å². The molecule has 1 saturated carbocycles. The molecule has 0 bridgehead atoms. The molecule has 0 heterocycles. The Kier molecular flexibility index (Phi) is 19.8. The summed E-state index contributed by atoms with van der Waals surface area (Å²) in [5.41, 5.74) is 7.94. The molecule has 0 aromatic heterocycles. The molecule has 7 N–H and O–H groups in total. The molecular weight excluding hydrogens is 1000 g/mol. The molecule has 5 aromatic carbocycles. The van der Waals surface area contributed by atoms with E-state index in [2.05, 4.69) is 42.4 Å². The number of carbonyl (C=O) groups is 7. The Balaban J connectivity index is 1.11. The Morgan fingerprint density at radius 2 is 1.17 bits per heavy atom. The van der Waals surface area contributed by atoms with Crippen molar-refractivity contribution in [2.45, 2.75) is 94.9 Å². The van der Waals surface area contributed by atoms with Gasteiger partial charge in [-0.25, -0.2) is 23.4 Å². The molecule has 0 spiro atoms. The largest absolute Gasteiger partial charge is 0.449 e. The lowest BCUT2D eigenvalue weighted by Crippen LogP contribution is -2.60. The average Bonchev–Trinajstić information content (AvgIpc) is 3.79. The third kappa shape index (κ3) is 15.7. The van der Waals surface area contributed by atoms with E-state index in [9.17, 15) is 42.0 Å². The first-order valence-corrected chi connectivity index (χ1v) is 27.9. The van der Waals surface area contributed by atoms with E-state index >= 15 is 0 Å². The van der Waals surface area contributed by atoms with Crippen molar-refractivity contribution in [2.75, 3.05) is 25.2 Å². The number of alkyl carbamates (subject to hydrolysis) is 1. The standard InChI is InChI=1S/C58H66N8O10S/c1-4-21-47(53(55(70)59-34-49(68)62-50(37(2)67)38-22-9-5-10-23-38)65-66-57(72)63-51(39-24-11-6-12-25-39)40-26-13-7-14-27-40)60-54(69)48(36-77(3,74)75)61-56(71)52(41-28-15-8-16-29-41)64-58(73)76-35-46-44-32-19-17-30-42(44)43-31-18-20-33-45(43)46/h5-7,9-14,17-20,22-27,30-33,41,46-48,50-52H,4,8,15-16,21,28-29,34-36H2,1-3H3,(H,59,70)(H,60,69)(H,61,71)(H,62,68)(H,64,73)(H2,63,66,72)/t47-,48-,50+,52+/m0/s1. The molecule has 0 radical (unpaired) electrons. The van der Waals surface area contributed by atoms with Gasteiger partial charge in [0.15, 0.2) is 5.78 Å². The lowest BCUT2D eigenvalue weighted by molar-refractivity contribution is -0.130. The second-order valence-electron chi connectivity index (χ2n) is 19.4. The Morgan fingerprint density at radius 3 is 1.71 bits per heavy atom. The maximum atomic E-state index is 14.5. The van der Waals surface area contributed by atoms with Crippen molar-refractivity contribution < 1.29 is 46.7 Å². The lowest BCUT2D eigenvalue weighted by Gasteiger charge is -2.31. The van der Waals surface area contributed by atoms with E-state index in [4.69, 9.17) is 4.74 Å². The van der Waals surface area contributed by atoms with Crippen LogP contribution in [0.3, 0.4) is 0 Å². The monoisotopic (exact) mass is 1070 g/mol. The van der Waals surface area contributed by atoms with Crippen molar-refractivity contribution in [1.82, 2.24) is 37.3 Å². The van der Waals surface area contributed by atoms with Gasteiger partial charge in [-0.1, -0.05) is 172 Å². The molecule has 0 saturated heterocycles.